The van der Waals surface area contributed by atoms with E-state index >= 15 is 0 Å². The van der Waals surface area contributed by atoms with Crippen LogP contribution < -0.4 is 0 Å². The first kappa shape index (κ1) is 21.3. The summed E-state index contributed by atoms with van der Waals surface area (Å²) in [6, 6.07) is 0. The van der Waals surface area contributed by atoms with Crippen molar-refractivity contribution in [3.8, 4) is 0 Å². The minimum absolute atomic E-state index is 0.0952. The zero-order valence-corrected chi connectivity index (χ0v) is 13.3. The molecule has 0 aromatic rings. The van der Waals surface area contributed by atoms with Crippen molar-refractivity contribution < 1.29 is 34.0 Å². The van der Waals surface area contributed by atoms with Gasteiger partial charge in [0.1, 0.15) is 0 Å². The van der Waals surface area contributed by atoms with E-state index in [1.807, 2.05) is 0 Å². The third kappa shape index (κ3) is 13.7. The topological polar surface area (TPSA) is 102 Å². The molecule has 0 heterocycles. The van der Waals surface area contributed by atoms with Crippen LogP contribution in [-0.2, 0) is 23.8 Å². The van der Waals surface area contributed by atoms with E-state index in [4.69, 9.17) is 14.2 Å². The van der Waals surface area contributed by atoms with Crippen molar-refractivity contribution in [3.63, 3.8) is 0 Å². The molecule has 0 aliphatic rings. The molecule has 7 heteroatoms. The first-order valence-electron chi connectivity index (χ1n) is 7.51. The van der Waals surface area contributed by atoms with Gasteiger partial charge >= 0.3 is 11.9 Å². The van der Waals surface area contributed by atoms with Gasteiger partial charge in [0.2, 0.25) is 0 Å². The Bertz CT molecular complexity index is 333. The van der Waals surface area contributed by atoms with E-state index < -0.39 is 24.1 Å². The van der Waals surface area contributed by atoms with E-state index in [1.165, 1.54) is 0 Å². The Balaban J connectivity index is 3.49. The molecule has 2 atom stereocenters. The van der Waals surface area contributed by atoms with Gasteiger partial charge in [0.25, 0.3) is 0 Å². The summed E-state index contributed by atoms with van der Waals surface area (Å²) in [4.78, 5) is 21.6. The van der Waals surface area contributed by atoms with Crippen LogP contribution in [0.1, 0.15) is 25.7 Å². The summed E-state index contributed by atoms with van der Waals surface area (Å²) in [7, 11) is 0. The number of hydrogen-bond acceptors (Lipinski definition) is 7. The SMILES string of the molecule is C=CC(=O)OCCCC(O)COCC(O)CCCOC(=O)C=C. The van der Waals surface area contributed by atoms with Gasteiger partial charge in [-0.3, -0.25) is 0 Å². The fourth-order valence-corrected chi connectivity index (χ4v) is 1.61. The molecule has 0 aliphatic carbocycles. The lowest BCUT2D eigenvalue weighted by Gasteiger charge is -2.14. The maximum absolute atomic E-state index is 10.8. The second-order valence-electron chi connectivity index (χ2n) is 4.87. The van der Waals surface area contributed by atoms with Crippen molar-refractivity contribution in [3.05, 3.63) is 25.3 Å². The van der Waals surface area contributed by atoms with E-state index in [0.29, 0.717) is 25.7 Å². The summed E-state index contributed by atoms with van der Waals surface area (Å²) in [6.07, 6.45) is 2.69. The fraction of sp³-hybridized carbons (Fsp3) is 0.625. The highest BCUT2D eigenvalue weighted by Gasteiger charge is 2.09. The Morgan fingerprint density at radius 2 is 1.26 bits per heavy atom. The summed E-state index contributed by atoms with van der Waals surface area (Å²) in [5.41, 5.74) is 0. The Kier molecular flexibility index (Phi) is 12.9. The normalized spacial score (nSPS) is 13.0. The van der Waals surface area contributed by atoms with Gasteiger partial charge in [-0.1, -0.05) is 13.2 Å². The van der Waals surface area contributed by atoms with Gasteiger partial charge < -0.3 is 24.4 Å². The Morgan fingerprint density at radius 3 is 1.61 bits per heavy atom. The second-order valence-corrected chi connectivity index (χ2v) is 4.87. The molecule has 2 N–H and O–H groups in total. The molecular formula is C16H26O7. The zero-order chi connectivity index (χ0) is 17.5. The molecule has 0 rings (SSSR count). The van der Waals surface area contributed by atoms with Gasteiger partial charge in [-0.25, -0.2) is 9.59 Å². The zero-order valence-electron chi connectivity index (χ0n) is 13.3. The van der Waals surface area contributed by atoms with Crippen LogP contribution in [0, 0.1) is 0 Å². The Labute approximate surface area is 136 Å². The molecule has 132 valence electrons. The van der Waals surface area contributed by atoms with Crippen molar-refractivity contribution in [1.82, 2.24) is 0 Å². The minimum Gasteiger partial charge on any atom is -0.463 e. The number of aliphatic hydroxyl groups is 2. The molecule has 0 spiro atoms. The first-order chi connectivity index (χ1) is 11.0. The molecule has 0 aromatic heterocycles. The molecule has 2 unspecified atom stereocenters. The summed E-state index contributed by atoms with van der Waals surface area (Å²) >= 11 is 0. The van der Waals surface area contributed by atoms with Gasteiger partial charge in [-0.05, 0) is 25.7 Å². The van der Waals surface area contributed by atoms with Crippen molar-refractivity contribution in [2.75, 3.05) is 26.4 Å². The lowest BCUT2D eigenvalue weighted by Crippen LogP contribution is -2.22. The lowest BCUT2D eigenvalue weighted by molar-refractivity contribution is -0.138. The van der Waals surface area contributed by atoms with Crippen molar-refractivity contribution in [2.24, 2.45) is 0 Å². The molecule has 0 saturated heterocycles. The Morgan fingerprint density at radius 1 is 0.870 bits per heavy atom. The predicted molar refractivity (Wildman–Crippen MR) is 83.6 cm³/mol. The van der Waals surface area contributed by atoms with Crippen molar-refractivity contribution in [1.29, 1.82) is 0 Å². The third-order valence-corrected chi connectivity index (χ3v) is 2.81. The van der Waals surface area contributed by atoms with E-state index in [-0.39, 0.29) is 26.4 Å². The van der Waals surface area contributed by atoms with Crippen molar-refractivity contribution >= 4 is 11.9 Å². The smallest absolute Gasteiger partial charge is 0.330 e. The van der Waals surface area contributed by atoms with Gasteiger partial charge in [0, 0.05) is 12.2 Å². The number of hydrogen-bond donors (Lipinski definition) is 2. The number of ether oxygens (including phenoxy) is 3. The molecular weight excluding hydrogens is 304 g/mol. The molecule has 0 aromatic carbocycles. The first-order valence-corrected chi connectivity index (χ1v) is 7.51. The molecule has 0 amide bonds. The summed E-state index contributed by atoms with van der Waals surface area (Å²) in [5.74, 6) is -0.977. The highest BCUT2D eigenvalue weighted by molar-refractivity contribution is 5.81. The van der Waals surface area contributed by atoms with Crippen LogP contribution in [0.15, 0.2) is 25.3 Å². The molecule has 0 fully saturated rings. The van der Waals surface area contributed by atoms with E-state index in [2.05, 4.69) is 13.2 Å². The number of esters is 2. The Hall–Kier alpha value is -1.70. The van der Waals surface area contributed by atoms with Crippen LogP contribution in [0.5, 0.6) is 0 Å². The van der Waals surface area contributed by atoms with Crippen LogP contribution in [-0.4, -0.2) is 60.8 Å². The molecule has 0 bridgehead atoms. The summed E-state index contributed by atoms with van der Waals surface area (Å²) in [6.45, 7) is 7.17. The highest BCUT2D eigenvalue weighted by atomic mass is 16.5. The van der Waals surface area contributed by atoms with E-state index in [1.54, 1.807) is 0 Å². The number of aliphatic hydroxyl groups excluding tert-OH is 2. The van der Waals surface area contributed by atoms with E-state index in [9.17, 15) is 19.8 Å². The van der Waals surface area contributed by atoms with Crippen LogP contribution in [0.25, 0.3) is 0 Å². The monoisotopic (exact) mass is 330 g/mol. The van der Waals surface area contributed by atoms with E-state index in [0.717, 1.165) is 12.2 Å². The third-order valence-electron chi connectivity index (χ3n) is 2.81. The number of carbonyl (C=O) groups is 2. The number of carbonyl (C=O) groups excluding carboxylic acids is 2. The van der Waals surface area contributed by atoms with Crippen LogP contribution in [0.3, 0.4) is 0 Å². The second kappa shape index (κ2) is 13.9. The maximum Gasteiger partial charge on any atom is 0.330 e. The quantitative estimate of drug-likeness (QED) is 0.275. The number of rotatable bonds is 14. The average molecular weight is 330 g/mol. The predicted octanol–water partition coefficient (Wildman–Crippen LogP) is 0.744. The van der Waals surface area contributed by atoms with Gasteiger partial charge in [-0.2, -0.15) is 0 Å². The lowest BCUT2D eigenvalue weighted by atomic mass is 10.2. The van der Waals surface area contributed by atoms with Gasteiger partial charge in [0.05, 0.1) is 38.6 Å². The molecule has 0 radical (unpaired) electrons. The molecule has 7 nitrogen and oxygen atoms in total. The minimum atomic E-state index is -0.682. The summed E-state index contributed by atoms with van der Waals surface area (Å²) < 4.78 is 14.8. The van der Waals surface area contributed by atoms with Crippen LogP contribution in [0.4, 0.5) is 0 Å². The van der Waals surface area contributed by atoms with Crippen LogP contribution in [0.2, 0.25) is 0 Å². The molecule has 0 saturated carbocycles. The van der Waals surface area contributed by atoms with Crippen molar-refractivity contribution in [2.45, 2.75) is 37.9 Å². The van der Waals surface area contributed by atoms with Gasteiger partial charge in [-0.15, -0.1) is 0 Å². The summed E-state index contributed by atoms with van der Waals surface area (Å²) in [5, 5.41) is 19.3. The average Bonchev–Trinajstić information content (AvgIpc) is 2.54. The fourth-order valence-electron chi connectivity index (χ4n) is 1.61. The molecule has 23 heavy (non-hydrogen) atoms. The largest absolute Gasteiger partial charge is 0.463 e. The van der Waals surface area contributed by atoms with Gasteiger partial charge in [0.15, 0.2) is 0 Å². The highest BCUT2D eigenvalue weighted by Crippen LogP contribution is 2.02. The standard InChI is InChI=1S/C16H26O7/c1-3-15(19)22-9-5-7-13(17)11-21-12-14(18)8-6-10-23-16(20)4-2/h3-4,13-14,17-18H,1-2,5-12H2. The van der Waals surface area contributed by atoms with Crippen LogP contribution >= 0.6 is 0 Å². The maximum atomic E-state index is 10.8. The molecule has 0 aliphatic heterocycles.